The van der Waals surface area contributed by atoms with Crippen molar-refractivity contribution < 1.29 is 4.74 Å². The fourth-order valence-corrected chi connectivity index (χ4v) is 6.20. The predicted molar refractivity (Wildman–Crippen MR) is 124 cm³/mol. The summed E-state index contributed by atoms with van der Waals surface area (Å²) in [6, 6.07) is 1.74. The minimum Gasteiger partial charge on any atom is -0.379 e. The molecule has 1 aromatic rings. The van der Waals surface area contributed by atoms with E-state index in [1.54, 1.807) is 6.20 Å². The second-order valence-electron chi connectivity index (χ2n) is 10.3. The predicted octanol–water partition coefficient (Wildman–Crippen LogP) is 1.15. The molecule has 0 spiro atoms. The Hall–Kier alpha value is -1.10. The van der Waals surface area contributed by atoms with Crippen molar-refractivity contribution in [3.8, 4) is 0 Å². The lowest BCUT2D eigenvalue weighted by atomic mass is 9.87. The molecule has 9 heteroatoms. The van der Waals surface area contributed by atoms with Crippen LogP contribution in [0.5, 0.6) is 0 Å². The minimum atomic E-state index is 0.329. The summed E-state index contributed by atoms with van der Waals surface area (Å²) in [5.74, 6) is 0.867. The van der Waals surface area contributed by atoms with E-state index in [1.165, 1.54) is 38.6 Å². The summed E-state index contributed by atoms with van der Waals surface area (Å²) in [7, 11) is 0. The van der Waals surface area contributed by atoms with E-state index in [1.807, 2.05) is 10.9 Å². The first-order valence-corrected chi connectivity index (χ1v) is 13.0. The monoisotopic (exact) mass is 446 g/mol. The largest absolute Gasteiger partial charge is 0.379 e. The molecule has 5 rings (SSSR count). The zero-order valence-corrected chi connectivity index (χ0v) is 19.7. The summed E-state index contributed by atoms with van der Waals surface area (Å²) >= 11 is 0. The highest BCUT2D eigenvalue weighted by atomic mass is 16.5. The average molecular weight is 447 g/mol. The molecule has 3 N–H and O–H groups in total. The van der Waals surface area contributed by atoms with Crippen molar-refractivity contribution in [3.05, 3.63) is 12.4 Å². The number of ether oxygens (including phenoxy) is 1. The molecule has 4 fully saturated rings. The van der Waals surface area contributed by atoms with Gasteiger partial charge in [0.25, 0.3) is 0 Å². The van der Waals surface area contributed by atoms with Gasteiger partial charge in [0, 0.05) is 50.5 Å². The van der Waals surface area contributed by atoms with Crippen LogP contribution in [0.2, 0.25) is 0 Å². The van der Waals surface area contributed by atoms with Crippen molar-refractivity contribution in [1.29, 1.82) is 0 Å². The summed E-state index contributed by atoms with van der Waals surface area (Å²) in [6.07, 6.45) is 14.5. The van der Waals surface area contributed by atoms with Gasteiger partial charge in [0.05, 0.1) is 31.7 Å². The first kappa shape index (κ1) is 22.7. The van der Waals surface area contributed by atoms with Crippen LogP contribution in [0.3, 0.4) is 0 Å². The summed E-state index contributed by atoms with van der Waals surface area (Å²) in [4.78, 5) is 2.59. The van der Waals surface area contributed by atoms with E-state index < -0.39 is 0 Å². The Morgan fingerprint density at radius 3 is 2.75 bits per heavy atom. The molecule has 180 valence electrons. The van der Waals surface area contributed by atoms with Gasteiger partial charge in [0.1, 0.15) is 0 Å². The lowest BCUT2D eigenvalue weighted by Gasteiger charge is -2.45. The number of nitrogens with zero attached hydrogens (tertiary/aromatic N) is 5. The Kier molecular flexibility index (Phi) is 7.71. The van der Waals surface area contributed by atoms with Crippen LogP contribution in [0.15, 0.2) is 12.4 Å². The normalized spacial score (nSPS) is 37.7. The molecule has 4 heterocycles. The number of aromatic nitrogens is 3. The van der Waals surface area contributed by atoms with E-state index in [2.05, 4.69) is 43.2 Å². The summed E-state index contributed by atoms with van der Waals surface area (Å²) in [6.45, 7) is 8.28. The van der Waals surface area contributed by atoms with Crippen LogP contribution in [-0.2, 0) is 11.3 Å². The first-order chi connectivity index (χ1) is 15.7. The van der Waals surface area contributed by atoms with Gasteiger partial charge in [-0.05, 0) is 44.4 Å². The average Bonchev–Trinajstić information content (AvgIpc) is 3.52. The topological polar surface area (TPSA) is 82.5 Å². The number of hydrogen-bond donors (Lipinski definition) is 3. The zero-order chi connectivity index (χ0) is 21.8. The van der Waals surface area contributed by atoms with Gasteiger partial charge >= 0.3 is 0 Å². The van der Waals surface area contributed by atoms with E-state index in [9.17, 15) is 0 Å². The number of rotatable bonds is 7. The smallest absolute Gasteiger partial charge is 0.0692 e. The SMILES string of the molecule is CC1CCCC(N2CCC(C3CC(N4CCOCC4)NC(CCCn4ccnn4)N3)N2)C1. The van der Waals surface area contributed by atoms with Crippen molar-refractivity contribution in [2.45, 2.75) is 95.3 Å². The van der Waals surface area contributed by atoms with Crippen molar-refractivity contribution in [1.82, 2.24) is 41.0 Å². The molecule has 0 amide bonds. The van der Waals surface area contributed by atoms with Crippen molar-refractivity contribution >= 4 is 0 Å². The molecule has 4 aliphatic rings. The van der Waals surface area contributed by atoms with E-state index in [4.69, 9.17) is 4.74 Å². The van der Waals surface area contributed by atoms with Crippen molar-refractivity contribution in [2.75, 3.05) is 32.8 Å². The molecule has 32 heavy (non-hydrogen) atoms. The molecule has 3 saturated heterocycles. The fourth-order valence-electron chi connectivity index (χ4n) is 6.20. The molecule has 1 saturated carbocycles. The third kappa shape index (κ3) is 5.69. The lowest BCUT2D eigenvalue weighted by molar-refractivity contribution is -0.0133. The van der Waals surface area contributed by atoms with Gasteiger partial charge in [-0.1, -0.05) is 25.0 Å². The Labute approximate surface area is 192 Å². The number of aryl methyl sites for hydroxylation is 1. The van der Waals surface area contributed by atoms with Gasteiger partial charge in [-0.3, -0.25) is 25.6 Å². The van der Waals surface area contributed by atoms with Gasteiger partial charge in [0.15, 0.2) is 0 Å². The van der Waals surface area contributed by atoms with E-state index >= 15 is 0 Å². The van der Waals surface area contributed by atoms with Crippen LogP contribution in [-0.4, -0.2) is 88.2 Å². The second-order valence-corrected chi connectivity index (χ2v) is 10.3. The summed E-state index contributed by atoms with van der Waals surface area (Å²) < 4.78 is 7.55. The molecule has 1 aromatic heterocycles. The maximum absolute atomic E-state index is 5.62. The van der Waals surface area contributed by atoms with Gasteiger partial charge in [-0.25, -0.2) is 5.01 Å². The Balaban J connectivity index is 1.19. The number of morpholine rings is 1. The zero-order valence-electron chi connectivity index (χ0n) is 19.7. The van der Waals surface area contributed by atoms with Crippen LogP contribution >= 0.6 is 0 Å². The molecule has 6 unspecified atom stereocenters. The number of hydrogen-bond acceptors (Lipinski definition) is 8. The third-order valence-electron chi connectivity index (χ3n) is 7.97. The molecule has 0 bridgehead atoms. The number of nitrogens with one attached hydrogen (secondary N) is 3. The molecular formula is C23H42N8O. The van der Waals surface area contributed by atoms with Crippen LogP contribution in [0.1, 0.15) is 58.3 Å². The second kappa shape index (κ2) is 10.9. The number of hydrazine groups is 1. The third-order valence-corrected chi connectivity index (χ3v) is 7.97. The Morgan fingerprint density at radius 2 is 1.94 bits per heavy atom. The Morgan fingerprint density at radius 1 is 1.03 bits per heavy atom. The summed E-state index contributed by atoms with van der Waals surface area (Å²) in [5.41, 5.74) is 3.95. The maximum atomic E-state index is 5.62. The van der Waals surface area contributed by atoms with Gasteiger partial charge in [-0.2, -0.15) is 0 Å². The molecule has 0 aromatic carbocycles. The standard InChI is InChI=1S/C23H42N8O/c1-18-4-2-5-19(16-18)31-10-7-20(27-31)21-17-23(29-12-14-32-15-13-29)26-22(25-21)6-3-9-30-11-8-24-28-30/h8,11,18-23,25-27H,2-7,9-10,12-17H2,1H3. The Bertz CT molecular complexity index is 682. The molecule has 3 aliphatic heterocycles. The lowest BCUT2D eigenvalue weighted by Crippen LogP contribution is -2.67. The van der Waals surface area contributed by atoms with Crippen LogP contribution in [0, 0.1) is 5.92 Å². The first-order valence-electron chi connectivity index (χ1n) is 13.0. The quantitative estimate of drug-likeness (QED) is 0.576. The highest BCUT2D eigenvalue weighted by Crippen LogP contribution is 2.29. The van der Waals surface area contributed by atoms with Crippen LogP contribution in [0.4, 0.5) is 0 Å². The minimum absolute atomic E-state index is 0.329. The van der Waals surface area contributed by atoms with E-state index in [0.29, 0.717) is 24.4 Å². The maximum Gasteiger partial charge on any atom is 0.0692 e. The van der Waals surface area contributed by atoms with E-state index in [-0.39, 0.29) is 0 Å². The van der Waals surface area contributed by atoms with Gasteiger partial charge in [0.2, 0.25) is 0 Å². The molecule has 6 atom stereocenters. The molecule has 9 nitrogen and oxygen atoms in total. The highest BCUT2D eigenvalue weighted by Gasteiger charge is 2.39. The van der Waals surface area contributed by atoms with Crippen LogP contribution in [0.25, 0.3) is 0 Å². The molecular weight excluding hydrogens is 404 g/mol. The van der Waals surface area contributed by atoms with Gasteiger partial charge < -0.3 is 4.74 Å². The summed E-state index contributed by atoms with van der Waals surface area (Å²) in [5, 5.41) is 18.5. The van der Waals surface area contributed by atoms with Gasteiger partial charge in [-0.15, -0.1) is 5.10 Å². The highest BCUT2D eigenvalue weighted by molar-refractivity contribution is 4.96. The molecule has 0 radical (unpaired) electrons. The fraction of sp³-hybridized carbons (Fsp3) is 0.913. The van der Waals surface area contributed by atoms with Crippen molar-refractivity contribution in [3.63, 3.8) is 0 Å². The molecule has 1 aliphatic carbocycles. The van der Waals surface area contributed by atoms with Crippen LogP contribution < -0.4 is 16.1 Å². The van der Waals surface area contributed by atoms with E-state index in [0.717, 1.165) is 64.1 Å². The van der Waals surface area contributed by atoms with Crippen molar-refractivity contribution in [2.24, 2.45) is 5.92 Å².